The van der Waals surface area contributed by atoms with E-state index in [1.807, 2.05) is 0 Å². The van der Waals surface area contributed by atoms with Gasteiger partial charge in [0, 0.05) is 12.8 Å². The molecule has 0 rings (SSSR count). The molecule has 0 aromatic rings. The quantitative estimate of drug-likeness (QED) is 0.120. The van der Waals surface area contributed by atoms with Gasteiger partial charge in [-0.1, -0.05) is 13.8 Å². The zero-order chi connectivity index (χ0) is 48.6. The summed E-state index contributed by atoms with van der Waals surface area (Å²) in [6, 6.07) is 0. The molecule has 0 saturated carbocycles. The standard InChI is InChI=1S/C22H10F36/c1-4(2)6(25,26)8(29,30)10(33,34)12(37,38)14(41,42)16(45,46)18(49,50)20(53,54)22(57,58)21(55,56)19(51,52)17(47,48)15(43,44)13(39,40)11(35,36)9(31,32)7(27,28)5(3,23)24/h4H,1-3H3. The van der Waals surface area contributed by atoms with Crippen LogP contribution in [0.5, 0.6) is 0 Å². The smallest absolute Gasteiger partial charge is 0.200 e. The Balaban J connectivity index is 7.89. The van der Waals surface area contributed by atoms with Crippen molar-refractivity contribution in [1.82, 2.24) is 0 Å². The Labute approximate surface area is 292 Å². The van der Waals surface area contributed by atoms with Crippen LogP contribution in [0.4, 0.5) is 158 Å². The SMILES string of the molecule is CC(C)C(F)(F)C(F)(F)C(F)(F)C(F)(F)C(F)(F)C(F)(F)C(F)(F)C(F)(F)C(F)(F)C(F)(F)C(F)(F)C(F)(F)C(F)(F)C(F)(F)C(F)(F)C(F)(F)C(F)(F)C(C)(F)F. The highest BCUT2D eigenvalue weighted by molar-refractivity contribution is 5.23. The van der Waals surface area contributed by atoms with Gasteiger partial charge in [-0.05, 0) is 0 Å². The lowest BCUT2D eigenvalue weighted by Gasteiger charge is -2.47. The van der Waals surface area contributed by atoms with Crippen molar-refractivity contribution in [1.29, 1.82) is 0 Å². The maximum atomic E-state index is 14.0. The molecular weight excluding hydrogens is 948 g/mol. The van der Waals surface area contributed by atoms with Gasteiger partial charge in [-0.15, -0.1) is 0 Å². The van der Waals surface area contributed by atoms with Gasteiger partial charge in [-0.2, -0.15) is 158 Å². The van der Waals surface area contributed by atoms with Crippen LogP contribution in [0.25, 0.3) is 0 Å². The fourth-order valence-corrected chi connectivity index (χ4v) is 3.61. The van der Waals surface area contributed by atoms with E-state index in [1.54, 1.807) is 0 Å². The first kappa shape index (κ1) is 55.5. The van der Waals surface area contributed by atoms with Crippen LogP contribution in [0, 0.1) is 5.92 Å². The lowest BCUT2D eigenvalue weighted by atomic mass is 9.81. The Hall–Kier alpha value is -2.52. The third-order valence-electron chi connectivity index (χ3n) is 7.61. The summed E-state index contributed by atoms with van der Waals surface area (Å²) in [5.74, 6) is -173. The van der Waals surface area contributed by atoms with Crippen molar-refractivity contribution in [2.24, 2.45) is 5.92 Å². The third-order valence-corrected chi connectivity index (χ3v) is 7.61. The average Bonchev–Trinajstić information content (AvgIpc) is 2.98. The van der Waals surface area contributed by atoms with Crippen LogP contribution in [-0.2, 0) is 0 Å². The summed E-state index contributed by atoms with van der Waals surface area (Å²) >= 11 is 0. The first-order chi connectivity index (χ1) is 24.2. The molecular formula is C22H10F36. The highest BCUT2D eigenvalue weighted by atomic mass is 19.4. The van der Waals surface area contributed by atoms with E-state index < -0.39 is 133 Å². The van der Waals surface area contributed by atoms with Crippen molar-refractivity contribution in [3.05, 3.63) is 0 Å². The van der Waals surface area contributed by atoms with E-state index in [2.05, 4.69) is 0 Å². The molecule has 36 heteroatoms. The fourth-order valence-electron chi connectivity index (χ4n) is 3.61. The predicted octanol–water partition coefficient (Wildman–Crippen LogP) is 13.1. The minimum Gasteiger partial charge on any atom is -0.200 e. The molecule has 0 radical (unpaired) electrons. The van der Waals surface area contributed by atoms with Gasteiger partial charge in [0.2, 0.25) is 0 Å². The van der Waals surface area contributed by atoms with Crippen LogP contribution < -0.4 is 0 Å². The van der Waals surface area contributed by atoms with Crippen molar-refractivity contribution in [2.45, 2.75) is 127 Å². The molecule has 0 aliphatic rings. The third kappa shape index (κ3) is 6.02. The number of hydrogen-bond acceptors (Lipinski definition) is 0. The average molecular weight is 958 g/mol. The summed E-state index contributed by atoms with van der Waals surface area (Å²) in [7, 11) is 0. The van der Waals surface area contributed by atoms with E-state index in [4.69, 9.17) is 0 Å². The second-order valence-electron chi connectivity index (χ2n) is 11.9. The van der Waals surface area contributed by atoms with Crippen molar-refractivity contribution in [2.75, 3.05) is 0 Å². The lowest BCUT2D eigenvalue weighted by Crippen LogP contribution is -2.80. The lowest BCUT2D eigenvalue weighted by molar-refractivity contribution is -0.492. The van der Waals surface area contributed by atoms with E-state index >= 15 is 0 Å². The highest BCUT2D eigenvalue weighted by Crippen LogP contribution is 2.70. The largest absolute Gasteiger partial charge is 0.385 e. The molecule has 0 aliphatic heterocycles. The molecule has 0 heterocycles. The van der Waals surface area contributed by atoms with Gasteiger partial charge < -0.3 is 0 Å². The summed E-state index contributed by atoms with van der Waals surface area (Å²) in [6.45, 7) is -2.55. The number of alkyl halides is 36. The molecule has 0 N–H and O–H groups in total. The monoisotopic (exact) mass is 958 g/mol. The van der Waals surface area contributed by atoms with Gasteiger partial charge >= 0.3 is 107 Å². The molecule has 0 aromatic heterocycles. The summed E-state index contributed by atoms with van der Waals surface area (Å²) in [5.41, 5.74) is 0. The number of hydrogen-bond donors (Lipinski definition) is 0. The molecule has 0 atom stereocenters. The Kier molecular flexibility index (Phi) is 12.7. The first-order valence-corrected chi connectivity index (χ1v) is 13.0. The Morgan fingerprint density at radius 2 is 0.293 bits per heavy atom. The molecule has 350 valence electrons. The minimum atomic E-state index is -10.3. The molecule has 0 aliphatic carbocycles. The fraction of sp³-hybridized carbons (Fsp3) is 1.00. The summed E-state index contributed by atoms with van der Waals surface area (Å²) in [5, 5.41) is 0. The van der Waals surface area contributed by atoms with Crippen LogP contribution in [0.2, 0.25) is 0 Å². The molecule has 0 saturated heterocycles. The Morgan fingerprint density at radius 3 is 0.397 bits per heavy atom. The molecule has 0 amide bonds. The molecule has 0 fully saturated rings. The van der Waals surface area contributed by atoms with E-state index in [0.717, 1.165) is 0 Å². The van der Waals surface area contributed by atoms with Crippen LogP contribution in [0.3, 0.4) is 0 Å². The van der Waals surface area contributed by atoms with Gasteiger partial charge in [0.05, 0.1) is 0 Å². The van der Waals surface area contributed by atoms with Gasteiger partial charge in [0.15, 0.2) is 0 Å². The predicted molar refractivity (Wildman–Crippen MR) is 110 cm³/mol. The van der Waals surface area contributed by atoms with Gasteiger partial charge in [0.1, 0.15) is 0 Å². The van der Waals surface area contributed by atoms with Gasteiger partial charge in [0.25, 0.3) is 0 Å². The van der Waals surface area contributed by atoms with Crippen molar-refractivity contribution in [3.8, 4) is 0 Å². The maximum Gasteiger partial charge on any atom is 0.385 e. The van der Waals surface area contributed by atoms with Crippen LogP contribution in [-0.4, -0.2) is 107 Å². The molecule has 0 nitrogen and oxygen atoms in total. The first-order valence-electron chi connectivity index (χ1n) is 13.0. The van der Waals surface area contributed by atoms with Gasteiger partial charge in [-0.25, -0.2) is 0 Å². The zero-order valence-corrected chi connectivity index (χ0v) is 26.2. The topological polar surface area (TPSA) is 0 Å². The van der Waals surface area contributed by atoms with E-state index in [0.29, 0.717) is 0 Å². The summed E-state index contributed by atoms with van der Waals surface area (Å²) in [4.78, 5) is 0. The second kappa shape index (κ2) is 13.2. The second-order valence-corrected chi connectivity index (χ2v) is 11.9. The molecule has 0 unspecified atom stereocenters. The Morgan fingerprint density at radius 1 is 0.190 bits per heavy atom. The molecule has 0 bridgehead atoms. The zero-order valence-electron chi connectivity index (χ0n) is 26.2. The van der Waals surface area contributed by atoms with Gasteiger partial charge in [-0.3, -0.25) is 0 Å². The van der Waals surface area contributed by atoms with E-state index in [-0.39, 0.29) is 0 Å². The van der Waals surface area contributed by atoms with E-state index in [1.165, 1.54) is 0 Å². The Bertz CT molecular complexity index is 1480. The molecule has 58 heavy (non-hydrogen) atoms. The van der Waals surface area contributed by atoms with Crippen molar-refractivity contribution in [3.63, 3.8) is 0 Å². The summed E-state index contributed by atoms with van der Waals surface area (Å²) < 4.78 is 494. The molecule has 0 aromatic carbocycles. The minimum absolute atomic E-state index is 0.422. The number of halogens is 36. The van der Waals surface area contributed by atoms with Crippen LogP contribution >= 0.6 is 0 Å². The van der Waals surface area contributed by atoms with Crippen molar-refractivity contribution < 1.29 is 158 Å². The normalized spacial score (nSPS) is 17.4. The van der Waals surface area contributed by atoms with E-state index in [9.17, 15) is 158 Å². The summed E-state index contributed by atoms with van der Waals surface area (Å²) in [6.07, 6.45) is 0. The molecule has 0 spiro atoms. The maximum absolute atomic E-state index is 14.0. The highest BCUT2D eigenvalue weighted by Gasteiger charge is 3.02. The van der Waals surface area contributed by atoms with Crippen LogP contribution in [0.1, 0.15) is 20.8 Å². The van der Waals surface area contributed by atoms with Crippen LogP contribution in [0.15, 0.2) is 0 Å². The number of rotatable bonds is 18. The van der Waals surface area contributed by atoms with Crippen molar-refractivity contribution >= 4 is 0 Å².